The van der Waals surface area contributed by atoms with Crippen LogP contribution in [0.4, 0.5) is 0 Å². The third kappa shape index (κ3) is 13.8. The van der Waals surface area contributed by atoms with Gasteiger partial charge >= 0.3 is 0 Å². The lowest BCUT2D eigenvalue weighted by Gasteiger charge is -2.05. The maximum Gasteiger partial charge on any atom is 0.146 e. The molecule has 0 saturated carbocycles. The number of rotatable bonds is 13. The van der Waals surface area contributed by atoms with Crippen molar-refractivity contribution in [2.75, 3.05) is 40.0 Å². The van der Waals surface area contributed by atoms with Gasteiger partial charge in [-0.1, -0.05) is 12.8 Å². The van der Waals surface area contributed by atoms with Crippen LogP contribution < -0.4 is 0 Å². The van der Waals surface area contributed by atoms with E-state index in [9.17, 15) is 0 Å². The predicted octanol–water partition coefficient (Wildman–Crippen LogP) is 2.57. The molecule has 16 heavy (non-hydrogen) atoms. The predicted molar refractivity (Wildman–Crippen MR) is 63.4 cm³/mol. The van der Waals surface area contributed by atoms with Gasteiger partial charge in [0, 0.05) is 26.4 Å². The lowest BCUT2D eigenvalue weighted by molar-refractivity contribution is -0.0530. The van der Waals surface area contributed by atoms with Crippen LogP contribution in [-0.2, 0) is 18.9 Å². The SMILES string of the molecule is CCOCOCCCCCCOCOCC. The van der Waals surface area contributed by atoms with Gasteiger partial charge in [-0.05, 0) is 26.7 Å². The fourth-order valence-corrected chi connectivity index (χ4v) is 1.16. The fraction of sp³-hybridized carbons (Fsp3) is 1.00. The second kappa shape index (κ2) is 14.8. The lowest BCUT2D eigenvalue weighted by Crippen LogP contribution is -2.02. The third-order valence-corrected chi connectivity index (χ3v) is 2.07. The molecule has 0 aliphatic heterocycles. The average molecular weight is 234 g/mol. The molecule has 4 nitrogen and oxygen atoms in total. The maximum atomic E-state index is 5.26. The molecule has 0 aromatic heterocycles. The van der Waals surface area contributed by atoms with Crippen LogP contribution in [0, 0.1) is 0 Å². The van der Waals surface area contributed by atoms with Crippen molar-refractivity contribution in [3.05, 3.63) is 0 Å². The molecule has 0 spiro atoms. The van der Waals surface area contributed by atoms with Crippen LogP contribution in [0.5, 0.6) is 0 Å². The monoisotopic (exact) mass is 234 g/mol. The standard InChI is InChI=1S/C12H26O4/c1-3-13-11-15-9-7-5-6-8-10-16-12-14-4-2/h3-12H2,1-2H3. The molecule has 0 saturated heterocycles. The van der Waals surface area contributed by atoms with Crippen LogP contribution in [0.1, 0.15) is 39.5 Å². The minimum absolute atomic E-state index is 0.425. The van der Waals surface area contributed by atoms with E-state index in [-0.39, 0.29) is 0 Å². The second-order valence-electron chi connectivity index (χ2n) is 3.45. The van der Waals surface area contributed by atoms with Crippen molar-refractivity contribution in [1.29, 1.82) is 0 Å². The highest BCUT2D eigenvalue weighted by atomic mass is 16.7. The molecule has 0 fully saturated rings. The summed E-state index contributed by atoms with van der Waals surface area (Å²) in [6.45, 7) is 7.80. The van der Waals surface area contributed by atoms with E-state index >= 15 is 0 Å². The molecule has 0 radical (unpaired) electrons. The Morgan fingerprint density at radius 1 is 0.562 bits per heavy atom. The Morgan fingerprint density at radius 2 is 1.00 bits per heavy atom. The van der Waals surface area contributed by atoms with E-state index in [0.717, 1.165) is 39.3 Å². The van der Waals surface area contributed by atoms with Crippen LogP contribution in [0.2, 0.25) is 0 Å². The Labute approximate surface area is 99.2 Å². The molecular weight excluding hydrogens is 208 g/mol. The van der Waals surface area contributed by atoms with Gasteiger partial charge in [-0.15, -0.1) is 0 Å². The molecule has 0 bridgehead atoms. The average Bonchev–Trinajstić information content (AvgIpc) is 2.31. The molecule has 0 aliphatic rings. The van der Waals surface area contributed by atoms with E-state index in [1.165, 1.54) is 12.8 Å². The Morgan fingerprint density at radius 3 is 1.38 bits per heavy atom. The molecule has 0 aliphatic carbocycles. The van der Waals surface area contributed by atoms with Crippen LogP contribution in [0.3, 0.4) is 0 Å². The van der Waals surface area contributed by atoms with Gasteiger partial charge in [0.2, 0.25) is 0 Å². The molecule has 0 aromatic carbocycles. The summed E-state index contributed by atoms with van der Waals surface area (Å²) >= 11 is 0. The summed E-state index contributed by atoms with van der Waals surface area (Å²) in [5.41, 5.74) is 0. The van der Waals surface area contributed by atoms with Crippen molar-refractivity contribution in [1.82, 2.24) is 0 Å². The summed E-state index contributed by atoms with van der Waals surface area (Å²) in [7, 11) is 0. The molecule has 4 heteroatoms. The Kier molecular flexibility index (Phi) is 14.7. The first kappa shape index (κ1) is 15.8. The molecule has 0 amide bonds. The summed E-state index contributed by atoms with van der Waals surface area (Å²) in [4.78, 5) is 0. The summed E-state index contributed by atoms with van der Waals surface area (Å²) in [5, 5.41) is 0. The van der Waals surface area contributed by atoms with E-state index in [2.05, 4.69) is 0 Å². The Bertz CT molecular complexity index is 106. The van der Waals surface area contributed by atoms with E-state index in [4.69, 9.17) is 18.9 Å². The molecular formula is C12H26O4. The maximum absolute atomic E-state index is 5.26. The zero-order valence-corrected chi connectivity index (χ0v) is 10.7. The Hall–Kier alpha value is -0.160. The van der Waals surface area contributed by atoms with E-state index < -0.39 is 0 Å². The van der Waals surface area contributed by atoms with E-state index in [1.54, 1.807) is 0 Å². The van der Waals surface area contributed by atoms with Crippen LogP contribution in [0.15, 0.2) is 0 Å². The fourth-order valence-electron chi connectivity index (χ4n) is 1.16. The summed E-state index contributed by atoms with van der Waals surface area (Å²) in [6, 6.07) is 0. The number of hydrogen-bond acceptors (Lipinski definition) is 4. The molecule has 0 N–H and O–H groups in total. The first-order valence-corrected chi connectivity index (χ1v) is 6.22. The minimum Gasteiger partial charge on any atom is -0.356 e. The van der Waals surface area contributed by atoms with Gasteiger partial charge in [-0.25, -0.2) is 0 Å². The van der Waals surface area contributed by atoms with Crippen LogP contribution in [-0.4, -0.2) is 40.0 Å². The van der Waals surface area contributed by atoms with Crippen molar-refractivity contribution >= 4 is 0 Å². The first-order chi connectivity index (χ1) is 7.91. The first-order valence-electron chi connectivity index (χ1n) is 6.22. The Balaban J connectivity index is 2.83. The highest BCUT2D eigenvalue weighted by molar-refractivity contribution is 4.41. The van der Waals surface area contributed by atoms with Gasteiger partial charge in [0.15, 0.2) is 0 Å². The molecule has 98 valence electrons. The van der Waals surface area contributed by atoms with Crippen LogP contribution >= 0.6 is 0 Å². The van der Waals surface area contributed by atoms with Crippen molar-refractivity contribution in [3.63, 3.8) is 0 Å². The van der Waals surface area contributed by atoms with Gasteiger partial charge < -0.3 is 18.9 Å². The molecule has 0 aromatic rings. The quantitative estimate of drug-likeness (QED) is 0.362. The van der Waals surface area contributed by atoms with E-state index in [0.29, 0.717) is 13.6 Å². The van der Waals surface area contributed by atoms with Crippen molar-refractivity contribution in [3.8, 4) is 0 Å². The van der Waals surface area contributed by atoms with Crippen molar-refractivity contribution < 1.29 is 18.9 Å². The second-order valence-corrected chi connectivity index (χ2v) is 3.45. The molecule has 0 rings (SSSR count). The third-order valence-electron chi connectivity index (χ3n) is 2.07. The zero-order chi connectivity index (χ0) is 11.9. The molecule has 0 unspecified atom stereocenters. The normalized spacial score (nSPS) is 10.9. The van der Waals surface area contributed by atoms with Crippen molar-refractivity contribution in [2.24, 2.45) is 0 Å². The van der Waals surface area contributed by atoms with Gasteiger partial charge in [-0.2, -0.15) is 0 Å². The van der Waals surface area contributed by atoms with Gasteiger partial charge in [0.25, 0.3) is 0 Å². The lowest BCUT2D eigenvalue weighted by atomic mass is 10.2. The topological polar surface area (TPSA) is 36.9 Å². The highest BCUT2D eigenvalue weighted by Gasteiger charge is 1.92. The number of hydrogen-bond donors (Lipinski definition) is 0. The summed E-state index contributed by atoms with van der Waals surface area (Å²) in [6.07, 6.45) is 4.56. The smallest absolute Gasteiger partial charge is 0.146 e. The summed E-state index contributed by atoms with van der Waals surface area (Å²) in [5.74, 6) is 0. The largest absolute Gasteiger partial charge is 0.356 e. The minimum atomic E-state index is 0.425. The van der Waals surface area contributed by atoms with E-state index in [1.807, 2.05) is 13.8 Å². The number of unbranched alkanes of at least 4 members (excludes halogenated alkanes) is 3. The van der Waals surface area contributed by atoms with Gasteiger partial charge in [0.05, 0.1) is 0 Å². The van der Waals surface area contributed by atoms with Gasteiger partial charge in [0.1, 0.15) is 13.6 Å². The number of ether oxygens (including phenoxy) is 4. The van der Waals surface area contributed by atoms with Crippen molar-refractivity contribution in [2.45, 2.75) is 39.5 Å². The zero-order valence-electron chi connectivity index (χ0n) is 10.7. The van der Waals surface area contributed by atoms with Crippen LogP contribution in [0.25, 0.3) is 0 Å². The summed E-state index contributed by atoms with van der Waals surface area (Å²) < 4.78 is 20.6. The highest BCUT2D eigenvalue weighted by Crippen LogP contribution is 2.00. The molecule has 0 atom stereocenters. The van der Waals surface area contributed by atoms with Gasteiger partial charge in [-0.3, -0.25) is 0 Å². The molecule has 0 heterocycles.